The van der Waals surface area contributed by atoms with Gasteiger partial charge in [0, 0.05) is 28.1 Å². The van der Waals surface area contributed by atoms with Crippen molar-refractivity contribution in [1.82, 2.24) is 5.32 Å². The van der Waals surface area contributed by atoms with Crippen molar-refractivity contribution in [3.05, 3.63) is 64.7 Å². The van der Waals surface area contributed by atoms with Gasteiger partial charge in [-0.1, -0.05) is 42.6 Å². The SMILES string of the molecule is CS(=O)(=O)N(Cc1ccccc1Cl)c1ccc(C(=O)NCCSC2CCCC2)cc1. The number of hydrogen-bond donors (Lipinski definition) is 1. The highest BCUT2D eigenvalue weighted by molar-refractivity contribution is 7.99. The van der Waals surface area contributed by atoms with Crippen LogP contribution >= 0.6 is 23.4 Å². The van der Waals surface area contributed by atoms with Crippen LogP contribution in [0.2, 0.25) is 5.02 Å². The number of carbonyl (C=O) groups excluding carboxylic acids is 1. The molecule has 0 bridgehead atoms. The minimum Gasteiger partial charge on any atom is -0.351 e. The monoisotopic (exact) mass is 466 g/mol. The van der Waals surface area contributed by atoms with E-state index in [9.17, 15) is 13.2 Å². The number of halogens is 1. The molecule has 2 aromatic rings. The molecular weight excluding hydrogens is 440 g/mol. The molecular formula is C22H27ClN2O3S2. The maximum atomic E-state index is 12.4. The van der Waals surface area contributed by atoms with Gasteiger partial charge in [-0.3, -0.25) is 9.10 Å². The summed E-state index contributed by atoms with van der Waals surface area (Å²) in [5, 5.41) is 4.19. The first kappa shape index (κ1) is 23.0. The molecule has 0 heterocycles. The molecule has 1 N–H and O–H groups in total. The fourth-order valence-corrected chi connectivity index (χ4v) is 5.80. The third-order valence-corrected chi connectivity index (χ3v) is 8.02. The van der Waals surface area contributed by atoms with Crippen LogP contribution in [-0.4, -0.2) is 38.1 Å². The lowest BCUT2D eigenvalue weighted by atomic mass is 10.1. The van der Waals surface area contributed by atoms with E-state index in [1.54, 1.807) is 42.5 Å². The number of amides is 1. The summed E-state index contributed by atoms with van der Waals surface area (Å²) in [7, 11) is -3.52. The van der Waals surface area contributed by atoms with Crippen molar-refractivity contribution >= 4 is 45.0 Å². The van der Waals surface area contributed by atoms with Crippen LogP contribution in [0.25, 0.3) is 0 Å². The van der Waals surface area contributed by atoms with Crippen molar-refractivity contribution in [2.45, 2.75) is 37.5 Å². The first-order valence-electron chi connectivity index (χ1n) is 10.1. The summed E-state index contributed by atoms with van der Waals surface area (Å²) in [5.74, 6) is 0.763. The van der Waals surface area contributed by atoms with Crippen molar-refractivity contribution in [3.8, 4) is 0 Å². The number of nitrogens with one attached hydrogen (secondary N) is 1. The van der Waals surface area contributed by atoms with Gasteiger partial charge in [-0.05, 0) is 48.7 Å². The highest BCUT2D eigenvalue weighted by Crippen LogP contribution is 2.29. The second-order valence-corrected chi connectivity index (χ2v) is 11.2. The average Bonchev–Trinajstić information content (AvgIpc) is 3.23. The summed E-state index contributed by atoms with van der Waals surface area (Å²) in [4.78, 5) is 12.4. The summed E-state index contributed by atoms with van der Waals surface area (Å²) in [6, 6.07) is 13.8. The van der Waals surface area contributed by atoms with Gasteiger partial charge in [-0.2, -0.15) is 11.8 Å². The fraction of sp³-hybridized carbons (Fsp3) is 0.409. The number of sulfonamides is 1. The Bertz CT molecular complexity index is 959. The predicted octanol–water partition coefficient (Wildman–Crippen LogP) is 4.71. The van der Waals surface area contributed by atoms with Crippen molar-refractivity contribution in [2.24, 2.45) is 0 Å². The van der Waals surface area contributed by atoms with Crippen molar-refractivity contribution < 1.29 is 13.2 Å². The quantitative estimate of drug-likeness (QED) is 0.543. The van der Waals surface area contributed by atoms with E-state index >= 15 is 0 Å². The molecule has 0 aliphatic heterocycles. The highest BCUT2D eigenvalue weighted by Gasteiger charge is 2.20. The van der Waals surface area contributed by atoms with E-state index in [1.165, 1.54) is 30.0 Å². The topological polar surface area (TPSA) is 66.5 Å². The standard InChI is InChI=1S/C22H27ClN2O3S2/c1-30(27,28)25(16-18-6-2-5-9-21(18)23)19-12-10-17(11-13-19)22(26)24-14-15-29-20-7-3-4-8-20/h2,5-6,9-13,20H,3-4,7-8,14-16H2,1H3,(H,24,26). The van der Waals surface area contributed by atoms with Crippen LogP contribution < -0.4 is 9.62 Å². The van der Waals surface area contributed by atoms with E-state index in [2.05, 4.69) is 5.32 Å². The van der Waals surface area contributed by atoms with Gasteiger partial charge in [0.15, 0.2) is 0 Å². The van der Waals surface area contributed by atoms with Gasteiger partial charge in [-0.25, -0.2) is 8.42 Å². The van der Waals surface area contributed by atoms with Crippen LogP contribution in [0.3, 0.4) is 0 Å². The molecule has 2 aromatic carbocycles. The van der Waals surface area contributed by atoms with Gasteiger partial charge >= 0.3 is 0 Å². The lowest BCUT2D eigenvalue weighted by molar-refractivity contribution is 0.0956. The Morgan fingerprint density at radius 2 is 1.80 bits per heavy atom. The normalized spacial score (nSPS) is 14.6. The largest absolute Gasteiger partial charge is 0.351 e. The molecule has 162 valence electrons. The van der Waals surface area contributed by atoms with Crippen LogP contribution in [0.4, 0.5) is 5.69 Å². The summed E-state index contributed by atoms with van der Waals surface area (Å²) in [6.45, 7) is 0.756. The molecule has 1 fully saturated rings. The summed E-state index contributed by atoms with van der Waals surface area (Å²) in [6.07, 6.45) is 6.36. The second-order valence-electron chi connectivity index (χ2n) is 7.44. The molecule has 0 saturated heterocycles. The molecule has 5 nitrogen and oxygen atoms in total. The molecule has 0 aromatic heterocycles. The minimum atomic E-state index is -3.52. The van der Waals surface area contributed by atoms with E-state index in [1.807, 2.05) is 17.8 Å². The molecule has 0 unspecified atom stereocenters. The first-order chi connectivity index (χ1) is 14.3. The Labute approximate surface area is 188 Å². The van der Waals surface area contributed by atoms with Gasteiger partial charge < -0.3 is 5.32 Å². The molecule has 0 spiro atoms. The Morgan fingerprint density at radius 1 is 1.13 bits per heavy atom. The number of anilines is 1. The molecule has 1 saturated carbocycles. The zero-order chi connectivity index (χ0) is 21.6. The molecule has 30 heavy (non-hydrogen) atoms. The van der Waals surface area contributed by atoms with Gasteiger partial charge in [0.25, 0.3) is 5.91 Å². The Balaban J connectivity index is 1.61. The zero-order valence-corrected chi connectivity index (χ0v) is 19.4. The van der Waals surface area contributed by atoms with Gasteiger partial charge in [0.05, 0.1) is 18.5 Å². The molecule has 0 atom stereocenters. The summed E-state index contributed by atoms with van der Waals surface area (Å²) < 4.78 is 26.0. The van der Waals surface area contributed by atoms with E-state index in [4.69, 9.17) is 11.6 Å². The van der Waals surface area contributed by atoms with Crippen LogP contribution in [0, 0.1) is 0 Å². The van der Waals surface area contributed by atoms with E-state index in [-0.39, 0.29) is 12.5 Å². The average molecular weight is 467 g/mol. The fourth-order valence-electron chi connectivity index (χ4n) is 3.51. The van der Waals surface area contributed by atoms with E-state index < -0.39 is 10.0 Å². The highest BCUT2D eigenvalue weighted by atomic mass is 35.5. The van der Waals surface area contributed by atoms with Gasteiger partial charge in [-0.15, -0.1) is 0 Å². The molecule has 1 aliphatic carbocycles. The third-order valence-electron chi connectivity index (χ3n) is 5.13. The first-order valence-corrected chi connectivity index (χ1v) is 13.3. The van der Waals surface area contributed by atoms with Crippen LogP contribution in [0.5, 0.6) is 0 Å². The van der Waals surface area contributed by atoms with Crippen LogP contribution in [0.15, 0.2) is 48.5 Å². The Hall–Kier alpha value is -1.70. The van der Waals surface area contributed by atoms with Gasteiger partial charge in [0.2, 0.25) is 10.0 Å². The zero-order valence-electron chi connectivity index (χ0n) is 17.0. The molecule has 1 aliphatic rings. The van der Waals surface area contributed by atoms with Crippen LogP contribution in [0.1, 0.15) is 41.6 Å². The smallest absolute Gasteiger partial charge is 0.251 e. The lowest BCUT2D eigenvalue weighted by Crippen LogP contribution is -2.30. The number of rotatable bonds is 9. The second kappa shape index (κ2) is 10.6. The van der Waals surface area contributed by atoms with Crippen molar-refractivity contribution in [3.63, 3.8) is 0 Å². The van der Waals surface area contributed by atoms with Crippen LogP contribution in [-0.2, 0) is 16.6 Å². The summed E-state index contributed by atoms with van der Waals surface area (Å²) in [5.41, 5.74) is 1.72. The number of hydrogen-bond acceptors (Lipinski definition) is 4. The number of nitrogens with zero attached hydrogens (tertiary/aromatic N) is 1. The Kier molecular flexibility index (Phi) is 8.08. The molecule has 1 amide bonds. The molecule has 0 radical (unpaired) electrons. The minimum absolute atomic E-state index is 0.127. The molecule has 3 rings (SSSR count). The van der Waals surface area contributed by atoms with E-state index in [0.29, 0.717) is 28.4 Å². The predicted molar refractivity (Wildman–Crippen MR) is 126 cm³/mol. The maximum absolute atomic E-state index is 12.4. The van der Waals surface area contributed by atoms with Crippen molar-refractivity contribution in [1.29, 1.82) is 0 Å². The third kappa shape index (κ3) is 6.40. The maximum Gasteiger partial charge on any atom is 0.251 e. The summed E-state index contributed by atoms with van der Waals surface area (Å²) >= 11 is 8.13. The number of benzene rings is 2. The van der Waals surface area contributed by atoms with E-state index in [0.717, 1.165) is 17.3 Å². The number of carbonyl (C=O) groups is 1. The Morgan fingerprint density at radius 3 is 2.43 bits per heavy atom. The number of thioether (sulfide) groups is 1. The molecule has 8 heteroatoms. The van der Waals surface area contributed by atoms with Gasteiger partial charge in [0.1, 0.15) is 0 Å². The van der Waals surface area contributed by atoms with Crippen molar-refractivity contribution in [2.75, 3.05) is 22.9 Å². The lowest BCUT2D eigenvalue weighted by Gasteiger charge is -2.23.